The van der Waals surface area contributed by atoms with E-state index in [4.69, 9.17) is 19.9 Å². The number of aromatic nitrogens is 2. The quantitative estimate of drug-likeness (QED) is 0.311. The smallest absolute Gasteiger partial charge is 0.348 e. The molecule has 0 aliphatic heterocycles. The van der Waals surface area contributed by atoms with E-state index < -0.39 is 34.7 Å². The third kappa shape index (κ3) is 5.78. The lowest BCUT2D eigenvalue weighted by atomic mass is 10.1. The summed E-state index contributed by atoms with van der Waals surface area (Å²) >= 11 is 1.02. The number of aryl methyl sites for hydroxylation is 1. The minimum atomic E-state index is -0.852. The van der Waals surface area contributed by atoms with Gasteiger partial charge in [0.1, 0.15) is 27.4 Å². The van der Waals surface area contributed by atoms with Gasteiger partial charge in [0.15, 0.2) is 0 Å². The molecule has 0 aliphatic rings. The number of methoxy groups -OCH3 is 1. The zero-order chi connectivity index (χ0) is 27.5. The molecule has 0 amide bonds. The van der Waals surface area contributed by atoms with Crippen molar-refractivity contribution in [3.8, 4) is 5.75 Å². The number of thiophene rings is 1. The van der Waals surface area contributed by atoms with Crippen molar-refractivity contribution in [2.75, 3.05) is 26.9 Å². The second kappa shape index (κ2) is 11.6. The largest absolute Gasteiger partial charge is 0.496 e. The van der Waals surface area contributed by atoms with Gasteiger partial charge in [-0.25, -0.2) is 14.0 Å². The zero-order valence-corrected chi connectivity index (χ0v) is 22.9. The molecule has 2 N–H and O–H groups in total. The summed E-state index contributed by atoms with van der Waals surface area (Å²) in [5, 5.41) is 0.259. The molecular weight excluding hydrogens is 501 g/mol. The molecular formula is C26H34FN3O6S. The van der Waals surface area contributed by atoms with Gasteiger partial charge >= 0.3 is 11.7 Å². The molecule has 0 unspecified atom stereocenters. The van der Waals surface area contributed by atoms with Gasteiger partial charge in [-0.3, -0.25) is 13.9 Å². The van der Waals surface area contributed by atoms with Crippen LogP contribution in [0, 0.1) is 12.7 Å². The predicted octanol–water partition coefficient (Wildman–Crippen LogP) is 3.72. The van der Waals surface area contributed by atoms with Crippen LogP contribution in [0.4, 0.5) is 4.39 Å². The standard InChI is InChI=1S/C26H34FN3O6S/c1-7-35-24(32)21-15(2)20-22(31)30(26(3,4)5)25(33)29(23(20)37-21)14-19(36-12-8-11-28)17-13-16(27)9-10-18(17)34-6/h9-10,13,19H,7-8,11-12,14,28H2,1-6H3/t19-/m0/s1. The maximum absolute atomic E-state index is 14.3. The third-order valence-electron chi connectivity index (χ3n) is 5.90. The van der Waals surface area contributed by atoms with E-state index in [0.29, 0.717) is 34.7 Å². The van der Waals surface area contributed by atoms with E-state index in [9.17, 15) is 18.8 Å². The first kappa shape index (κ1) is 28.5. The average Bonchev–Trinajstić information content (AvgIpc) is 3.17. The fraction of sp³-hybridized carbons (Fsp3) is 0.500. The molecule has 3 rings (SSSR count). The molecule has 3 aromatic rings. The first-order valence-corrected chi connectivity index (χ1v) is 12.9. The number of nitrogens with two attached hydrogens (primary N) is 1. The van der Waals surface area contributed by atoms with Gasteiger partial charge in [-0.05, 0) is 71.3 Å². The lowest BCUT2D eigenvalue weighted by Crippen LogP contribution is -2.48. The van der Waals surface area contributed by atoms with E-state index in [1.807, 2.05) is 0 Å². The van der Waals surface area contributed by atoms with Crippen LogP contribution in [0.2, 0.25) is 0 Å². The molecule has 1 aromatic carbocycles. The van der Waals surface area contributed by atoms with Crippen LogP contribution in [0.15, 0.2) is 27.8 Å². The normalized spacial score (nSPS) is 12.6. The maximum Gasteiger partial charge on any atom is 0.348 e. The summed E-state index contributed by atoms with van der Waals surface area (Å²) in [5.41, 5.74) is 4.59. The second-order valence-corrected chi connectivity index (χ2v) is 10.5. The molecule has 11 heteroatoms. The molecule has 0 aliphatic carbocycles. The molecule has 37 heavy (non-hydrogen) atoms. The fourth-order valence-electron chi connectivity index (χ4n) is 4.16. The van der Waals surface area contributed by atoms with Crippen molar-refractivity contribution in [2.24, 2.45) is 5.73 Å². The van der Waals surface area contributed by atoms with Gasteiger partial charge in [0.05, 0.1) is 25.6 Å². The van der Waals surface area contributed by atoms with E-state index in [0.717, 1.165) is 11.3 Å². The number of halogens is 1. The average molecular weight is 536 g/mol. The van der Waals surface area contributed by atoms with E-state index in [2.05, 4.69) is 0 Å². The van der Waals surface area contributed by atoms with Crippen LogP contribution >= 0.6 is 11.3 Å². The molecule has 2 heterocycles. The van der Waals surface area contributed by atoms with E-state index in [1.54, 1.807) is 34.6 Å². The SMILES string of the molecule is CCOC(=O)c1sc2c(c1C)c(=O)n(C(C)(C)C)c(=O)n2C[C@H](OCCCN)c1cc(F)ccc1OC. The summed E-state index contributed by atoms with van der Waals surface area (Å²) in [6, 6.07) is 4.07. The van der Waals surface area contributed by atoms with Crippen LogP contribution in [0.5, 0.6) is 5.75 Å². The first-order valence-electron chi connectivity index (χ1n) is 12.1. The van der Waals surface area contributed by atoms with E-state index >= 15 is 0 Å². The highest BCUT2D eigenvalue weighted by Gasteiger charge is 2.29. The number of fused-ring (bicyclic) bond motifs is 1. The summed E-state index contributed by atoms with van der Waals surface area (Å²) in [7, 11) is 1.46. The number of carbonyl (C=O) groups is 1. The van der Waals surface area contributed by atoms with Crippen LogP contribution < -0.4 is 21.7 Å². The van der Waals surface area contributed by atoms with Gasteiger partial charge in [0.25, 0.3) is 5.56 Å². The Hall–Kier alpha value is -3.02. The number of hydrogen-bond acceptors (Lipinski definition) is 8. The molecule has 9 nitrogen and oxygen atoms in total. The Bertz CT molecular complexity index is 1400. The highest BCUT2D eigenvalue weighted by molar-refractivity contribution is 7.20. The first-order chi connectivity index (χ1) is 17.5. The lowest BCUT2D eigenvalue weighted by Gasteiger charge is -2.26. The highest BCUT2D eigenvalue weighted by atomic mass is 32.1. The van der Waals surface area contributed by atoms with Gasteiger partial charge < -0.3 is 19.9 Å². The molecule has 1 atom stereocenters. The van der Waals surface area contributed by atoms with Crippen molar-refractivity contribution < 1.29 is 23.4 Å². The van der Waals surface area contributed by atoms with Gasteiger partial charge in [0, 0.05) is 17.7 Å². The topological polar surface area (TPSA) is 115 Å². The Balaban J connectivity index is 2.32. The summed E-state index contributed by atoms with van der Waals surface area (Å²) in [4.78, 5) is 40.6. The van der Waals surface area contributed by atoms with Crippen molar-refractivity contribution >= 4 is 27.5 Å². The van der Waals surface area contributed by atoms with Crippen molar-refractivity contribution in [1.82, 2.24) is 9.13 Å². The molecule has 0 saturated carbocycles. The van der Waals surface area contributed by atoms with E-state index in [-0.39, 0.29) is 30.0 Å². The van der Waals surface area contributed by atoms with Crippen LogP contribution in [-0.2, 0) is 21.6 Å². The fourth-order valence-corrected chi connectivity index (χ4v) is 5.36. The minimum absolute atomic E-state index is 0.0572. The second-order valence-electron chi connectivity index (χ2n) is 9.55. The van der Waals surface area contributed by atoms with Gasteiger partial charge in [-0.1, -0.05) is 0 Å². The van der Waals surface area contributed by atoms with Crippen molar-refractivity contribution in [1.29, 1.82) is 0 Å². The maximum atomic E-state index is 14.3. The molecule has 0 bridgehead atoms. The summed E-state index contributed by atoms with van der Waals surface area (Å²) in [6.07, 6.45) is -0.261. The number of benzene rings is 1. The van der Waals surface area contributed by atoms with Crippen LogP contribution in [0.25, 0.3) is 10.2 Å². The van der Waals surface area contributed by atoms with E-state index in [1.165, 1.54) is 34.4 Å². The summed E-state index contributed by atoms with van der Waals surface area (Å²) in [6.45, 7) is 9.38. The predicted molar refractivity (Wildman–Crippen MR) is 141 cm³/mol. The Labute approximate surface area is 218 Å². The number of esters is 1. The van der Waals surface area contributed by atoms with Crippen LogP contribution in [0.3, 0.4) is 0 Å². The number of hydrogen-bond donors (Lipinski definition) is 1. The Kier molecular flexibility index (Phi) is 8.93. The lowest BCUT2D eigenvalue weighted by molar-refractivity contribution is 0.0377. The Morgan fingerprint density at radius 2 is 1.95 bits per heavy atom. The Morgan fingerprint density at radius 1 is 1.24 bits per heavy atom. The van der Waals surface area contributed by atoms with Crippen molar-refractivity contribution in [3.63, 3.8) is 0 Å². The van der Waals surface area contributed by atoms with Crippen LogP contribution in [0.1, 0.15) is 61.0 Å². The molecule has 0 spiro atoms. The molecule has 0 radical (unpaired) electrons. The molecule has 202 valence electrons. The third-order valence-corrected chi connectivity index (χ3v) is 7.19. The van der Waals surface area contributed by atoms with Crippen LogP contribution in [-0.4, -0.2) is 42.0 Å². The molecule has 2 aromatic heterocycles. The zero-order valence-electron chi connectivity index (χ0n) is 22.1. The molecule has 0 saturated heterocycles. The Morgan fingerprint density at radius 3 is 2.54 bits per heavy atom. The number of ether oxygens (including phenoxy) is 3. The monoisotopic (exact) mass is 535 g/mol. The minimum Gasteiger partial charge on any atom is -0.496 e. The molecule has 0 fully saturated rings. The van der Waals surface area contributed by atoms with Crippen molar-refractivity contribution in [2.45, 2.75) is 59.2 Å². The highest BCUT2D eigenvalue weighted by Crippen LogP contribution is 2.33. The number of carbonyl (C=O) groups excluding carboxylic acids is 1. The number of nitrogens with zero attached hydrogens (tertiary/aromatic N) is 2. The van der Waals surface area contributed by atoms with Gasteiger partial charge in [-0.2, -0.15) is 0 Å². The van der Waals surface area contributed by atoms with Gasteiger partial charge in [-0.15, -0.1) is 11.3 Å². The number of rotatable bonds is 10. The summed E-state index contributed by atoms with van der Waals surface area (Å²) in [5.74, 6) is -0.663. The van der Waals surface area contributed by atoms with Crippen molar-refractivity contribution in [3.05, 3.63) is 60.9 Å². The van der Waals surface area contributed by atoms with Gasteiger partial charge in [0.2, 0.25) is 0 Å². The summed E-state index contributed by atoms with van der Waals surface area (Å²) < 4.78 is 33.6.